The molecule has 0 radical (unpaired) electrons. The number of fused-ring (bicyclic) bond motifs is 3. The Hall–Kier alpha value is -3.81. The highest BCUT2D eigenvalue weighted by molar-refractivity contribution is 6.01. The lowest BCUT2D eigenvalue weighted by Crippen LogP contribution is -2.40. The molecule has 3 heterocycles. The number of amides is 2. The molecule has 1 saturated heterocycles. The summed E-state index contributed by atoms with van der Waals surface area (Å²) in [5, 5.41) is 0.920. The number of carbonyl (C=O) groups excluding carboxylic acids is 3. The number of nitrogens with zero attached hydrogens (tertiary/aromatic N) is 2. The fourth-order valence-electron chi connectivity index (χ4n) is 5.02. The number of hydrogen-bond donors (Lipinski definition) is 1. The molecule has 34 heavy (non-hydrogen) atoms. The quantitative estimate of drug-likeness (QED) is 0.603. The lowest BCUT2D eigenvalue weighted by atomic mass is 10.0. The average molecular weight is 462 g/mol. The van der Waals surface area contributed by atoms with Gasteiger partial charge in [0.15, 0.2) is 0 Å². The molecule has 1 fully saturated rings. The maximum Gasteiger partial charge on any atom is 0.337 e. The van der Waals surface area contributed by atoms with Gasteiger partial charge >= 0.3 is 5.97 Å². The topological polar surface area (TPSA) is 91.9 Å². The smallest absolute Gasteiger partial charge is 0.337 e. The number of aromatic amines is 1. The van der Waals surface area contributed by atoms with Crippen molar-refractivity contribution < 1.29 is 23.9 Å². The molecule has 1 aromatic heterocycles. The summed E-state index contributed by atoms with van der Waals surface area (Å²) in [7, 11) is 2.94. The Morgan fingerprint density at radius 2 is 1.94 bits per heavy atom. The average Bonchev–Trinajstić information content (AvgIpc) is 3.42. The van der Waals surface area contributed by atoms with Gasteiger partial charge in [-0.05, 0) is 42.8 Å². The molecule has 1 atom stereocenters. The second kappa shape index (κ2) is 8.52. The zero-order valence-corrected chi connectivity index (χ0v) is 19.5. The summed E-state index contributed by atoms with van der Waals surface area (Å²) >= 11 is 0. The van der Waals surface area contributed by atoms with E-state index < -0.39 is 11.9 Å². The molecule has 0 spiro atoms. The van der Waals surface area contributed by atoms with Gasteiger partial charge in [-0.15, -0.1) is 0 Å². The molecule has 2 amide bonds. The molecule has 5 rings (SSSR count). The van der Waals surface area contributed by atoms with Gasteiger partial charge in [0.05, 0.1) is 31.4 Å². The van der Waals surface area contributed by atoms with Gasteiger partial charge in [-0.25, -0.2) is 4.79 Å². The van der Waals surface area contributed by atoms with E-state index >= 15 is 0 Å². The number of anilines is 1. The summed E-state index contributed by atoms with van der Waals surface area (Å²) in [4.78, 5) is 45.2. The zero-order valence-electron chi connectivity index (χ0n) is 19.5. The first-order chi connectivity index (χ1) is 16.4. The van der Waals surface area contributed by atoms with Crippen LogP contribution in [0.3, 0.4) is 0 Å². The molecular weight excluding hydrogens is 434 g/mol. The largest absolute Gasteiger partial charge is 0.495 e. The first kappa shape index (κ1) is 22.0. The van der Waals surface area contributed by atoms with Crippen LogP contribution in [0.15, 0.2) is 36.4 Å². The minimum atomic E-state index is -0.407. The molecule has 2 aromatic carbocycles. The minimum Gasteiger partial charge on any atom is -0.495 e. The van der Waals surface area contributed by atoms with E-state index in [1.165, 1.54) is 7.11 Å². The highest BCUT2D eigenvalue weighted by Crippen LogP contribution is 2.35. The number of H-pyrrole nitrogens is 1. The minimum absolute atomic E-state index is 0.0217. The van der Waals surface area contributed by atoms with Crippen molar-refractivity contribution in [3.63, 3.8) is 0 Å². The number of nitrogens with one attached hydrogen (secondary N) is 1. The number of rotatable bonds is 4. The van der Waals surface area contributed by atoms with E-state index in [2.05, 4.69) is 4.98 Å². The summed E-state index contributed by atoms with van der Waals surface area (Å²) < 4.78 is 10.3. The molecule has 176 valence electrons. The van der Waals surface area contributed by atoms with Crippen LogP contribution in [0.5, 0.6) is 5.75 Å². The molecule has 0 bridgehead atoms. The Morgan fingerprint density at radius 1 is 1.12 bits per heavy atom. The van der Waals surface area contributed by atoms with E-state index in [0.29, 0.717) is 43.1 Å². The van der Waals surface area contributed by atoms with Gasteiger partial charge in [0.2, 0.25) is 11.8 Å². The number of aromatic nitrogens is 1. The van der Waals surface area contributed by atoms with Crippen molar-refractivity contribution in [3.8, 4) is 5.75 Å². The lowest BCUT2D eigenvalue weighted by molar-refractivity contribution is -0.136. The summed E-state index contributed by atoms with van der Waals surface area (Å²) in [6.45, 7) is 3.32. The van der Waals surface area contributed by atoms with Gasteiger partial charge in [0, 0.05) is 54.6 Å². The zero-order chi connectivity index (χ0) is 24.0. The summed E-state index contributed by atoms with van der Waals surface area (Å²) in [6.07, 6.45) is 0.874. The summed E-state index contributed by atoms with van der Waals surface area (Å²) in [5.41, 5.74) is 5.23. The molecule has 8 heteroatoms. The van der Waals surface area contributed by atoms with Crippen LogP contribution in [0.25, 0.3) is 10.9 Å². The van der Waals surface area contributed by atoms with E-state index in [1.54, 1.807) is 18.1 Å². The van der Waals surface area contributed by atoms with Crippen LogP contribution in [-0.4, -0.2) is 55.0 Å². The highest BCUT2D eigenvalue weighted by atomic mass is 16.5. The second-order valence-corrected chi connectivity index (χ2v) is 8.92. The van der Waals surface area contributed by atoms with Crippen LogP contribution in [0.2, 0.25) is 0 Å². The predicted octanol–water partition coefficient (Wildman–Crippen LogP) is 3.21. The normalized spacial score (nSPS) is 17.7. The maximum absolute atomic E-state index is 13.5. The van der Waals surface area contributed by atoms with Gasteiger partial charge < -0.3 is 24.3 Å². The number of methoxy groups -OCH3 is 2. The van der Waals surface area contributed by atoms with Crippen molar-refractivity contribution in [2.75, 3.05) is 32.2 Å². The third-order valence-corrected chi connectivity index (χ3v) is 6.81. The Kier molecular flexibility index (Phi) is 5.51. The summed E-state index contributed by atoms with van der Waals surface area (Å²) in [6, 6.07) is 11.1. The Morgan fingerprint density at radius 3 is 2.71 bits per heavy atom. The number of benzene rings is 2. The third kappa shape index (κ3) is 3.69. The Bertz CT molecular complexity index is 1310. The van der Waals surface area contributed by atoms with Crippen molar-refractivity contribution in [3.05, 3.63) is 58.8 Å². The van der Waals surface area contributed by atoms with Gasteiger partial charge in [-0.1, -0.05) is 6.07 Å². The highest BCUT2D eigenvalue weighted by Gasteiger charge is 2.39. The molecule has 2 aliphatic rings. The van der Waals surface area contributed by atoms with Crippen molar-refractivity contribution in [1.29, 1.82) is 0 Å². The van der Waals surface area contributed by atoms with E-state index in [-0.39, 0.29) is 18.2 Å². The van der Waals surface area contributed by atoms with Crippen molar-refractivity contribution >= 4 is 34.4 Å². The number of aryl methyl sites for hydroxylation is 1. The SMILES string of the molecule is COC(=O)c1ccc2[nH]c3c(c2c1)CN(C(=O)C1CC(=O)N(c2cc(C)ccc2OC)C1)CC3. The van der Waals surface area contributed by atoms with E-state index in [4.69, 9.17) is 9.47 Å². The van der Waals surface area contributed by atoms with Crippen molar-refractivity contribution in [1.82, 2.24) is 9.88 Å². The van der Waals surface area contributed by atoms with E-state index in [9.17, 15) is 14.4 Å². The fourth-order valence-corrected chi connectivity index (χ4v) is 5.02. The first-order valence-electron chi connectivity index (χ1n) is 11.3. The fraction of sp³-hybridized carbons (Fsp3) is 0.346. The monoisotopic (exact) mass is 461 g/mol. The molecular formula is C26H27N3O5. The maximum atomic E-state index is 13.5. The molecule has 0 aliphatic carbocycles. The van der Waals surface area contributed by atoms with E-state index in [0.717, 1.165) is 27.7 Å². The molecule has 8 nitrogen and oxygen atoms in total. The number of hydrogen-bond acceptors (Lipinski definition) is 5. The Balaban J connectivity index is 1.37. The van der Waals surface area contributed by atoms with Crippen LogP contribution in [0, 0.1) is 12.8 Å². The van der Waals surface area contributed by atoms with Crippen molar-refractivity contribution in [2.45, 2.75) is 26.3 Å². The van der Waals surface area contributed by atoms with Crippen molar-refractivity contribution in [2.24, 2.45) is 5.92 Å². The number of carbonyl (C=O) groups is 3. The van der Waals surface area contributed by atoms with Crippen LogP contribution >= 0.6 is 0 Å². The molecule has 1 N–H and O–H groups in total. The van der Waals surface area contributed by atoms with Gasteiger partial charge in [0.1, 0.15) is 5.75 Å². The van der Waals surface area contributed by atoms with Gasteiger partial charge in [-0.2, -0.15) is 0 Å². The van der Waals surface area contributed by atoms with Crippen LogP contribution in [0.4, 0.5) is 5.69 Å². The number of ether oxygens (including phenoxy) is 2. The van der Waals surface area contributed by atoms with Crippen LogP contribution in [-0.2, 0) is 27.3 Å². The van der Waals surface area contributed by atoms with Gasteiger partial charge in [-0.3, -0.25) is 9.59 Å². The van der Waals surface area contributed by atoms with Crippen LogP contribution in [0.1, 0.15) is 33.6 Å². The predicted molar refractivity (Wildman–Crippen MR) is 127 cm³/mol. The molecule has 2 aliphatic heterocycles. The molecule has 1 unspecified atom stereocenters. The molecule has 0 saturated carbocycles. The standard InChI is InChI=1S/C26H27N3O5/c1-15-4-7-23(33-2)22(10-15)29-13-17(12-24(29)30)25(31)28-9-8-21-19(14-28)18-11-16(26(32)34-3)5-6-20(18)27-21/h4-7,10-11,17,27H,8-9,12-14H2,1-3H3. The Labute approximate surface area is 197 Å². The van der Waals surface area contributed by atoms with Crippen LogP contribution < -0.4 is 9.64 Å². The second-order valence-electron chi connectivity index (χ2n) is 8.92. The van der Waals surface area contributed by atoms with E-state index in [1.807, 2.05) is 42.2 Å². The number of esters is 1. The molecule has 3 aromatic rings. The first-order valence-corrected chi connectivity index (χ1v) is 11.3. The summed E-state index contributed by atoms with van der Waals surface area (Å²) in [5.74, 6) is -0.275. The third-order valence-electron chi connectivity index (χ3n) is 6.81. The van der Waals surface area contributed by atoms with Gasteiger partial charge in [0.25, 0.3) is 0 Å². The lowest BCUT2D eigenvalue weighted by Gasteiger charge is -2.29.